The molecular weight excluding hydrogens is 416 g/mol. The summed E-state index contributed by atoms with van der Waals surface area (Å²) in [5.41, 5.74) is 7.84. The molecule has 1 aliphatic rings. The largest absolute Gasteiger partial charge is 0.493 e. The lowest BCUT2D eigenvalue weighted by molar-refractivity contribution is 0.0739. The predicted molar refractivity (Wildman–Crippen MR) is 115 cm³/mol. The number of methoxy groups -OCH3 is 2. The number of carbonyl (C=O) groups is 1. The van der Waals surface area contributed by atoms with E-state index < -0.39 is 11.9 Å². The van der Waals surface area contributed by atoms with Crippen molar-refractivity contribution in [2.75, 3.05) is 14.2 Å². The zero-order valence-corrected chi connectivity index (χ0v) is 17.6. The Bertz CT molecular complexity index is 1210. The number of benzene rings is 2. The van der Waals surface area contributed by atoms with Crippen LogP contribution in [0.1, 0.15) is 26.7 Å². The number of rotatable bonds is 5. The van der Waals surface area contributed by atoms with Gasteiger partial charge in [-0.15, -0.1) is 11.3 Å². The molecule has 1 aromatic heterocycles. The highest BCUT2D eigenvalue weighted by Crippen LogP contribution is 2.45. The Morgan fingerprint density at radius 2 is 1.94 bits per heavy atom. The van der Waals surface area contributed by atoms with Crippen LogP contribution < -0.4 is 24.7 Å². The van der Waals surface area contributed by atoms with Gasteiger partial charge in [-0.3, -0.25) is 0 Å². The van der Waals surface area contributed by atoms with Crippen LogP contribution in [0.2, 0.25) is 0 Å². The number of esters is 1. The van der Waals surface area contributed by atoms with Crippen LogP contribution in [0.3, 0.4) is 0 Å². The number of allylic oxidation sites excluding steroid dienone is 1. The van der Waals surface area contributed by atoms with E-state index in [1.165, 1.54) is 11.3 Å². The number of thiophene rings is 1. The number of nitrogens with zero attached hydrogens (tertiary/aromatic N) is 1. The van der Waals surface area contributed by atoms with Crippen molar-refractivity contribution in [2.45, 2.75) is 5.92 Å². The van der Waals surface area contributed by atoms with E-state index in [4.69, 9.17) is 24.7 Å². The lowest BCUT2D eigenvalue weighted by Gasteiger charge is -2.27. The Hall–Kier alpha value is -3.96. The SMILES string of the molecule is COc1ccc(C2C(C#N)=C(N)Oc3cc(OC(=O)c4cccs4)ccc32)cc1OC. The first kappa shape index (κ1) is 20.3. The van der Waals surface area contributed by atoms with Crippen molar-refractivity contribution >= 4 is 17.3 Å². The molecule has 0 aliphatic carbocycles. The van der Waals surface area contributed by atoms with E-state index in [0.29, 0.717) is 33.4 Å². The fraction of sp³-hybridized carbons (Fsp3) is 0.130. The molecule has 0 saturated carbocycles. The van der Waals surface area contributed by atoms with Crippen LogP contribution in [-0.2, 0) is 0 Å². The summed E-state index contributed by atoms with van der Waals surface area (Å²) in [6.07, 6.45) is 0. The van der Waals surface area contributed by atoms with Crippen LogP contribution in [-0.4, -0.2) is 20.2 Å². The van der Waals surface area contributed by atoms with Gasteiger partial charge < -0.3 is 24.7 Å². The van der Waals surface area contributed by atoms with Crippen LogP contribution in [0.5, 0.6) is 23.0 Å². The minimum Gasteiger partial charge on any atom is -0.493 e. The Morgan fingerprint density at radius 1 is 1.13 bits per heavy atom. The third-order valence-corrected chi connectivity index (χ3v) is 5.71. The normalized spacial score (nSPS) is 14.8. The zero-order valence-electron chi connectivity index (χ0n) is 16.7. The topological polar surface area (TPSA) is 104 Å². The summed E-state index contributed by atoms with van der Waals surface area (Å²) in [6, 6.07) is 16.0. The van der Waals surface area contributed by atoms with Gasteiger partial charge in [0.15, 0.2) is 11.5 Å². The van der Waals surface area contributed by atoms with Gasteiger partial charge in [0, 0.05) is 11.6 Å². The maximum atomic E-state index is 12.3. The molecule has 0 fully saturated rings. The van der Waals surface area contributed by atoms with Gasteiger partial charge in [-0.05, 0) is 35.2 Å². The maximum Gasteiger partial charge on any atom is 0.353 e. The van der Waals surface area contributed by atoms with Gasteiger partial charge in [-0.25, -0.2) is 4.79 Å². The van der Waals surface area contributed by atoms with E-state index in [9.17, 15) is 10.1 Å². The molecule has 0 spiro atoms. The van der Waals surface area contributed by atoms with Crippen molar-refractivity contribution in [3.05, 3.63) is 81.4 Å². The number of hydrogen-bond acceptors (Lipinski definition) is 8. The first-order chi connectivity index (χ1) is 15.0. The van der Waals surface area contributed by atoms with Crippen molar-refractivity contribution < 1.29 is 23.7 Å². The lowest BCUT2D eigenvalue weighted by atomic mass is 9.83. The molecule has 2 N–H and O–H groups in total. The summed E-state index contributed by atoms with van der Waals surface area (Å²) in [4.78, 5) is 12.8. The summed E-state index contributed by atoms with van der Waals surface area (Å²) in [6.45, 7) is 0. The summed E-state index contributed by atoms with van der Waals surface area (Å²) in [7, 11) is 3.10. The summed E-state index contributed by atoms with van der Waals surface area (Å²) >= 11 is 1.30. The van der Waals surface area contributed by atoms with Crippen LogP contribution in [0.25, 0.3) is 0 Å². The smallest absolute Gasteiger partial charge is 0.353 e. The second-order valence-corrected chi connectivity index (χ2v) is 7.55. The molecule has 7 nitrogen and oxygen atoms in total. The fourth-order valence-electron chi connectivity index (χ4n) is 3.43. The number of nitriles is 1. The summed E-state index contributed by atoms with van der Waals surface area (Å²) in [5.74, 6) is 0.898. The average molecular weight is 434 g/mol. The van der Waals surface area contributed by atoms with E-state index in [-0.39, 0.29) is 11.5 Å². The molecule has 0 saturated heterocycles. The number of ether oxygens (including phenoxy) is 4. The van der Waals surface area contributed by atoms with Gasteiger partial charge in [0.1, 0.15) is 28.0 Å². The van der Waals surface area contributed by atoms with E-state index in [1.807, 2.05) is 6.07 Å². The first-order valence-corrected chi connectivity index (χ1v) is 10.1. The summed E-state index contributed by atoms with van der Waals surface area (Å²) in [5, 5.41) is 11.5. The van der Waals surface area contributed by atoms with Gasteiger partial charge in [-0.1, -0.05) is 18.2 Å². The number of nitrogens with two attached hydrogens (primary N) is 1. The molecule has 1 aliphatic heterocycles. The Kier molecular flexibility index (Phi) is 5.52. The molecule has 31 heavy (non-hydrogen) atoms. The van der Waals surface area contributed by atoms with Crippen molar-refractivity contribution in [2.24, 2.45) is 5.73 Å². The monoisotopic (exact) mass is 434 g/mol. The average Bonchev–Trinajstić information content (AvgIpc) is 3.32. The van der Waals surface area contributed by atoms with E-state index in [2.05, 4.69) is 6.07 Å². The van der Waals surface area contributed by atoms with Crippen LogP contribution in [0.15, 0.2) is 65.4 Å². The van der Waals surface area contributed by atoms with E-state index >= 15 is 0 Å². The Morgan fingerprint density at radius 3 is 2.61 bits per heavy atom. The quantitative estimate of drug-likeness (QED) is 0.474. The predicted octanol–water partition coefficient (Wildman–Crippen LogP) is 4.20. The third-order valence-electron chi connectivity index (χ3n) is 4.86. The third kappa shape index (κ3) is 3.79. The van der Waals surface area contributed by atoms with Crippen LogP contribution in [0, 0.1) is 11.3 Å². The minimum absolute atomic E-state index is 0.00322. The highest BCUT2D eigenvalue weighted by atomic mass is 32.1. The van der Waals surface area contributed by atoms with Crippen molar-refractivity contribution in [1.29, 1.82) is 5.26 Å². The van der Waals surface area contributed by atoms with E-state index in [0.717, 1.165) is 5.56 Å². The lowest BCUT2D eigenvalue weighted by Crippen LogP contribution is -2.21. The van der Waals surface area contributed by atoms with Gasteiger partial charge in [0.2, 0.25) is 5.88 Å². The highest BCUT2D eigenvalue weighted by molar-refractivity contribution is 7.12. The Balaban J connectivity index is 1.74. The second kappa shape index (κ2) is 8.42. The molecule has 0 bridgehead atoms. The molecule has 1 unspecified atom stereocenters. The number of carbonyl (C=O) groups excluding carboxylic acids is 1. The van der Waals surface area contributed by atoms with E-state index in [1.54, 1.807) is 62.1 Å². The molecular formula is C23H18N2O5S. The van der Waals surface area contributed by atoms with Gasteiger partial charge in [-0.2, -0.15) is 5.26 Å². The van der Waals surface area contributed by atoms with Gasteiger partial charge in [0.05, 0.1) is 20.1 Å². The molecule has 2 aromatic carbocycles. The van der Waals surface area contributed by atoms with Gasteiger partial charge in [0.25, 0.3) is 0 Å². The maximum absolute atomic E-state index is 12.3. The molecule has 4 rings (SSSR count). The molecule has 0 radical (unpaired) electrons. The molecule has 0 amide bonds. The van der Waals surface area contributed by atoms with Crippen molar-refractivity contribution in [3.63, 3.8) is 0 Å². The molecule has 2 heterocycles. The molecule has 156 valence electrons. The molecule has 3 aromatic rings. The zero-order chi connectivity index (χ0) is 22.0. The highest BCUT2D eigenvalue weighted by Gasteiger charge is 2.31. The standard InChI is InChI=1S/C23H18N2O5S/c1-27-17-8-5-13(10-19(17)28-2)21-15-7-6-14(29-23(26)20-4-3-9-31-20)11-18(15)30-22(25)16(21)12-24/h3-11,21H,25H2,1-2H3. The van der Waals surface area contributed by atoms with Gasteiger partial charge >= 0.3 is 5.97 Å². The summed E-state index contributed by atoms with van der Waals surface area (Å²) < 4.78 is 21.9. The van der Waals surface area contributed by atoms with Crippen LogP contribution in [0.4, 0.5) is 0 Å². The fourth-order valence-corrected chi connectivity index (χ4v) is 4.03. The van der Waals surface area contributed by atoms with Crippen LogP contribution >= 0.6 is 11.3 Å². The minimum atomic E-state index is -0.476. The first-order valence-electron chi connectivity index (χ1n) is 9.24. The Labute approximate surface area is 182 Å². The second-order valence-electron chi connectivity index (χ2n) is 6.61. The molecule has 8 heteroatoms. The number of hydrogen-bond donors (Lipinski definition) is 1. The molecule has 1 atom stereocenters. The number of fused-ring (bicyclic) bond motifs is 1. The van der Waals surface area contributed by atoms with Crippen molar-refractivity contribution in [3.8, 4) is 29.1 Å². The van der Waals surface area contributed by atoms with Crippen molar-refractivity contribution in [1.82, 2.24) is 0 Å².